The summed E-state index contributed by atoms with van der Waals surface area (Å²) in [6, 6.07) is 10.9. The van der Waals surface area contributed by atoms with Gasteiger partial charge in [0, 0.05) is 49.8 Å². The fourth-order valence-electron chi connectivity index (χ4n) is 2.97. The van der Waals surface area contributed by atoms with E-state index in [1.165, 1.54) is 7.11 Å². The average molecular weight is 369 g/mol. The first-order chi connectivity index (χ1) is 13.2. The molecule has 2 heterocycles. The number of aromatic nitrogens is 1. The number of ketones is 1. The number of esters is 1. The van der Waals surface area contributed by atoms with Gasteiger partial charge in [-0.15, -0.1) is 0 Å². The fraction of sp³-hybridized carbons (Fsp3) is 0.350. The van der Waals surface area contributed by atoms with Gasteiger partial charge >= 0.3 is 5.97 Å². The lowest BCUT2D eigenvalue weighted by Crippen LogP contribution is -2.48. The Morgan fingerprint density at radius 2 is 1.81 bits per heavy atom. The lowest BCUT2D eigenvalue weighted by molar-refractivity contribution is -0.142. The molecule has 1 saturated heterocycles. The molecular formula is C20H23N3O4. The number of nitrogens with zero attached hydrogens (tertiary/aromatic N) is 3. The molecule has 3 rings (SSSR count). The third kappa shape index (κ3) is 5.27. The molecule has 142 valence electrons. The van der Waals surface area contributed by atoms with Crippen LogP contribution in [0.1, 0.15) is 10.4 Å². The predicted octanol–water partition coefficient (Wildman–Crippen LogP) is 1.64. The van der Waals surface area contributed by atoms with Gasteiger partial charge < -0.3 is 14.4 Å². The van der Waals surface area contributed by atoms with Gasteiger partial charge in [-0.1, -0.05) is 12.1 Å². The van der Waals surface area contributed by atoms with E-state index < -0.39 is 5.97 Å². The quantitative estimate of drug-likeness (QED) is 0.543. The smallest absolute Gasteiger partial charge is 0.343 e. The minimum absolute atomic E-state index is 0.0379. The lowest BCUT2D eigenvalue weighted by atomic mass is 10.1. The van der Waals surface area contributed by atoms with Crippen LogP contribution in [0.15, 0.2) is 48.8 Å². The standard InChI is InChI=1S/C20H23N3O4/c1-26-20(25)15-27-18-4-2-3-16(13-18)19(24)14-22-9-11-23(12-10-22)17-5-7-21-8-6-17/h2-8,13H,9-12,14-15H2,1H3. The minimum atomic E-state index is -0.459. The first-order valence-electron chi connectivity index (χ1n) is 8.86. The normalized spacial score (nSPS) is 14.6. The number of rotatable bonds is 7. The number of anilines is 1. The van der Waals surface area contributed by atoms with E-state index >= 15 is 0 Å². The number of piperazine rings is 1. The first-order valence-corrected chi connectivity index (χ1v) is 8.86. The Bertz CT molecular complexity index is 774. The summed E-state index contributed by atoms with van der Waals surface area (Å²) in [5, 5.41) is 0. The molecule has 0 saturated carbocycles. The Morgan fingerprint density at radius 3 is 2.52 bits per heavy atom. The summed E-state index contributed by atoms with van der Waals surface area (Å²) >= 11 is 0. The topological polar surface area (TPSA) is 72.0 Å². The molecular weight excluding hydrogens is 346 g/mol. The van der Waals surface area contributed by atoms with E-state index in [1.54, 1.807) is 36.7 Å². The average Bonchev–Trinajstić information content (AvgIpc) is 2.73. The Hall–Kier alpha value is -2.93. The first kappa shape index (κ1) is 18.8. The van der Waals surface area contributed by atoms with Crippen LogP contribution in [0.2, 0.25) is 0 Å². The number of benzene rings is 1. The summed E-state index contributed by atoms with van der Waals surface area (Å²) in [6.07, 6.45) is 3.58. The van der Waals surface area contributed by atoms with Crippen molar-refractivity contribution in [1.29, 1.82) is 0 Å². The zero-order valence-electron chi connectivity index (χ0n) is 15.3. The van der Waals surface area contributed by atoms with Gasteiger partial charge in [0.1, 0.15) is 5.75 Å². The van der Waals surface area contributed by atoms with Crippen LogP contribution in [0, 0.1) is 0 Å². The van der Waals surface area contributed by atoms with E-state index in [0.29, 0.717) is 17.9 Å². The molecule has 7 nitrogen and oxygen atoms in total. The maximum Gasteiger partial charge on any atom is 0.343 e. The number of hydrogen-bond donors (Lipinski definition) is 0. The molecule has 0 radical (unpaired) electrons. The molecule has 1 aliphatic rings. The van der Waals surface area contributed by atoms with Crippen LogP contribution in [0.4, 0.5) is 5.69 Å². The van der Waals surface area contributed by atoms with Crippen LogP contribution >= 0.6 is 0 Å². The number of Topliss-reactive ketones (excluding diaryl/α,β-unsaturated/α-hetero) is 1. The highest BCUT2D eigenvalue weighted by Gasteiger charge is 2.20. The molecule has 2 aromatic rings. The van der Waals surface area contributed by atoms with Crippen molar-refractivity contribution in [1.82, 2.24) is 9.88 Å². The van der Waals surface area contributed by atoms with Gasteiger partial charge in [0.15, 0.2) is 12.4 Å². The number of methoxy groups -OCH3 is 1. The second-order valence-corrected chi connectivity index (χ2v) is 6.28. The van der Waals surface area contributed by atoms with Gasteiger partial charge in [-0.3, -0.25) is 14.7 Å². The molecule has 0 atom stereocenters. The van der Waals surface area contributed by atoms with Crippen LogP contribution in [-0.2, 0) is 9.53 Å². The molecule has 0 aliphatic carbocycles. The van der Waals surface area contributed by atoms with Crippen molar-refractivity contribution in [3.63, 3.8) is 0 Å². The Kier molecular flexibility index (Phi) is 6.38. The molecule has 7 heteroatoms. The molecule has 0 bridgehead atoms. The van der Waals surface area contributed by atoms with E-state index in [4.69, 9.17) is 4.74 Å². The Morgan fingerprint density at radius 1 is 1.07 bits per heavy atom. The summed E-state index contributed by atoms with van der Waals surface area (Å²) in [5.41, 5.74) is 1.74. The van der Waals surface area contributed by atoms with Crippen molar-refractivity contribution in [2.75, 3.05) is 51.3 Å². The lowest BCUT2D eigenvalue weighted by Gasteiger charge is -2.35. The molecule has 0 unspecified atom stereocenters. The van der Waals surface area contributed by atoms with Gasteiger partial charge in [-0.05, 0) is 24.3 Å². The fourth-order valence-corrected chi connectivity index (χ4v) is 2.97. The molecule has 1 aromatic carbocycles. The number of ether oxygens (including phenoxy) is 2. The minimum Gasteiger partial charge on any atom is -0.482 e. The summed E-state index contributed by atoms with van der Waals surface area (Å²) in [5.74, 6) is 0.0587. The van der Waals surface area contributed by atoms with E-state index in [2.05, 4.69) is 19.5 Å². The van der Waals surface area contributed by atoms with Gasteiger partial charge in [0.05, 0.1) is 13.7 Å². The second kappa shape index (κ2) is 9.14. The van der Waals surface area contributed by atoms with Crippen molar-refractivity contribution in [3.05, 3.63) is 54.4 Å². The molecule has 0 amide bonds. The van der Waals surface area contributed by atoms with E-state index in [1.807, 2.05) is 12.1 Å². The second-order valence-electron chi connectivity index (χ2n) is 6.28. The number of pyridine rings is 1. The van der Waals surface area contributed by atoms with Crippen molar-refractivity contribution >= 4 is 17.4 Å². The maximum absolute atomic E-state index is 12.6. The van der Waals surface area contributed by atoms with E-state index in [0.717, 1.165) is 31.9 Å². The zero-order chi connectivity index (χ0) is 19.1. The summed E-state index contributed by atoms with van der Waals surface area (Å²) < 4.78 is 9.90. The van der Waals surface area contributed by atoms with Crippen LogP contribution in [-0.4, -0.2) is 68.1 Å². The number of carbonyl (C=O) groups is 2. The number of carbonyl (C=O) groups excluding carboxylic acids is 2. The maximum atomic E-state index is 12.6. The molecule has 1 aliphatic heterocycles. The SMILES string of the molecule is COC(=O)COc1cccc(C(=O)CN2CCN(c3ccncc3)CC2)c1. The highest BCUT2D eigenvalue weighted by Crippen LogP contribution is 2.17. The van der Waals surface area contributed by atoms with Crippen molar-refractivity contribution < 1.29 is 19.1 Å². The van der Waals surface area contributed by atoms with Crippen LogP contribution < -0.4 is 9.64 Å². The third-order valence-corrected chi connectivity index (χ3v) is 4.51. The summed E-state index contributed by atoms with van der Waals surface area (Å²) in [4.78, 5) is 32.3. The molecule has 27 heavy (non-hydrogen) atoms. The Balaban J connectivity index is 1.51. The van der Waals surface area contributed by atoms with Gasteiger partial charge in [0.2, 0.25) is 0 Å². The van der Waals surface area contributed by atoms with Crippen LogP contribution in [0.25, 0.3) is 0 Å². The third-order valence-electron chi connectivity index (χ3n) is 4.51. The van der Waals surface area contributed by atoms with Gasteiger partial charge in [0.25, 0.3) is 0 Å². The largest absolute Gasteiger partial charge is 0.482 e. The van der Waals surface area contributed by atoms with Gasteiger partial charge in [-0.2, -0.15) is 0 Å². The molecule has 0 N–H and O–H groups in total. The molecule has 1 fully saturated rings. The van der Waals surface area contributed by atoms with Crippen molar-refractivity contribution in [3.8, 4) is 5.75 Å². The van der Waals surface area contributed by atoms with Crippen LogP contribution in [0.3, 0.4) is 0 Å². The van der Waals surface area contributed by atoms with Crippen LogP contribution in [0.5, 0.6) is 5.75 Å². The Labute approximate surface area is 158 Å². The summed E-state index contributed by atoms with van der Waals surface area (Å²) in [6.45, 7) is 3.59. The van der Waals surface area contributed by atoms with E-state index in [-0.39, 0.29) is 12.4 Å². The highest BCUT2D eigenvalue weighted by atomic mass is 16.6. The molecule has 0 spiro atoms. The highest BCUT2D eigenvalue weighted by molar-refractivity contribution is 5.98. The zero-order valence-corrected chi connectivity index (χ0v) is 15.3. The summed E-state index contributed by atoms with van der Waals surface area (Å²) in [7, 11) is 1.31. The number of hydrogen-bond acceptors (Lipinski definition) is 7. The van der Waals surface area contributed by atoms with E-state index in [9.17, 15) is 9.59 Å². The molecule has 1 aromatic heterocycles. The van der Waals surface area contributed by atoms with Crippen molar-refractivity contribution in [2.24, 2.45) is 0 Å². The van der Waals surface area contributed by atoms with Crippen molar-refractivity contribution in [2.45, 2.75) is 0 Å². The van der Waals surface area contributed by atoms with Gasteiger partial charge in [-0.25, -0.2) is 4.79 Å². The monoisotopic (exact) mass is 369 g/mol. The predicted molar refractivity (Wildman–Crippen MR) is 101 cm³/mol.